The lowest BCUT2D eigenvalue weighted by Gasteiger charge is -2.27. The minimum atomic E-state index is -0.538. The molecular formula is C27H26ClFN4O4. The topological polar surface area (TPSA) is 103 Å². The van der Waals surface area contributed by atoms with E-state index >= 15 is 0 Å². The Hall–Kier alpha value is -4.08. The molecule has 4 amide bonds. The molecule has 3 aromatic rings. The van der Waals surface area contributed by atoms with Crippen molar-refractivity contribution in [1.82, 2.24) is 4.90 Å². The molecule has 4 N–H and O–H groups in total. The Morgan fingerprint density at radius 3 is 2.46 bits per heavy atom. The molecule has 3 aromatic carbocycles. The van der Waals surface area contributed by atoms with Gasteiger partial charge in [-0.3, -0.25) is 0 Å². The number of anilines is 3. The van der Waals surface area contributed by atoms with Gasteiger partial charge in [0.2, 0.25) is 0 Å². The van der Waals surface area contributed by atoms with E-state index < -0.39 is 11.8 Å². The standard InChI is InChI=1S/C27H26ClFN4O4/c28-22-17-21(37-16-15-34)9-10-24(22)32-27(36)33-13-11-19(12-14-33)18-5-7-20(8-6-18)30-26(35)31-25-4-2-1-3-23(25)29/h1-11,17,34H,12-16H2,(H,32,36)(H2,30,31,35). The number of aliphatic hydroxyl groups is 1. The number of hydrogen-bond acceptors (Lipinski definition) is 4. The third-order valence-electron chi connectivity index (χ3n) is 5.67. The lowest BCUT2D eigenvalue weighted by molar-refractivity contribution is 0.201. The van der Waals surface area contributed by atoms with Crippen LogP contribution in [-0.2, 0) is 0 Å². The number of aliphatic hydroxyl groups excluding tert-OH is 1. The molecule has 0 radical (unpaired) electrons. The maximum Gasteiger partial charge on any atom is 0.323 e. The van der Waals surface area contributed by atoms with Gasteiger partial charge >= 0.3 is 12.1 Å². The summed E-state index contributed by atoms with van der Waals surface area (Å²) in [6.45, 7) is 1.02. The summed E-state index contributed by atoms with van der Waals surface area (Å²) in [6.07, 6.45) is 2.65. The van der Waals surface area contributed by atoms with Crippen LogP contribution in [0, 0.1) is 5.82 Å². The van der Waals surface area contributed by atoms with Crippen LogP contribution in [0.4, 0.5) is 31.0 Å². The predicted octanol–water partition coefficient (Wildman–Crippen LogP) is 5.82. The highest BCUT2D eigenvalue weighted by molar-refractivity contribution is 6.33. The van der Waals surface area contributed by atoms with Gasteiger partial charge < -0.3 is 30.7 Å². The summed E-state index contributed by atoms with van der Waals surface area (Å²) >= 11 is 6.25. The van der Waals surface area contributed by atoms with Crippen LogP contribution in [-0.4, -0.2) is 48.4 Å². The Bertz CT molecular complexity index is 1300. The Labute approximate surface area is 218 Å². The van der Waals surface area contributed by atoms with Gasteiger partial charge in [-0.15, -0.1) is 0 Å². The number of carbonyl (C=O) groups excluding carboxylic acids is 2. The lowest BCUT2D eigenvalue weighted by Crippen LogP contribution is -2.37. The normalized spacial score (nSPS) is 12.9. The van der Waals surface area contributed by atoms with Crippen LogP contribution in [0.5, 0.6) is 5.75 Å². The third-order valence-corrected chi connectivity index (χ3v) is 5.99. The number of halogens is 2. The molecule has 1 aliphatic rings. The van der Waals surface area contributed by atoms with Crippen LogP contribution in [0.3, 0.4) is 0 Å². The molecule has 1 aliphatic heterocycles. The highest BCUT2D eigenvalue weighted by atomic mass is 35.5. The Morgan fingerprint density at radius 1 is 1.00 bits per heavy atom. The molecule has 0 fully saturated rings. The average Bonchev–Trinajstić information content (AvgIpc) is 2.90. The van der Waals surface area contributed by atoms with Gasteiger partial charge in [-0.05, 0) is 54.0 Å². The number of amides is 4. The van der Waals surface area contributed by atoms with E-state index in [1.165, 1.54) is 12.1 Å². The number of nitrogens with one attached hydrogen (secondary N) is 3. The van der Waals surface area contributed by atoms with Crippen LogP contribution in [0.25, 0.3) is 5.57 Å². The zero-order valence-corrected chi connectivity index (χ0v) is 20.6. The van der Waals surface area contributed by atoms with Crippen molar-refractivity contribution in [2.75, 3.05) is 42.3 Å². The number of para-hydroxylation sites is 1. The molecule has 8 nitrogen and oxygen atoms in total. The molecule has 1 heterocycles. The van der Waals surface area contributed by atoms with Gasteiger partial charge in [0.1, 0.15) is 18.2 Å². The average molecular weight is 525 g/mol. The van der Waals surface area contributed by atoms with Gasteiger partial charge in [0.15, 0.2) is 0 Å². The van der Waals surface area contributed by atoms with Crippen molar-refractivity contribution < 1.29 is 23.8 Å². The molecular weight excluding hydrogens is 499 g/mol. The first-order chi connectivity index (χ1) is 17.9. The molecule has 0 aliphatic carbocycles. The van der Waals surface area contributed by atoms with E-state index in [1.54, 1.807) is 47.4 Å². The van der Waals surface area contributed by atoms with E-state index in [0.29, 0.717) is 41.7 Å². The first-order valence-electron chi connectivity index (χ1n) is 11.6. The van der Waals surface area contributed by atoms with Crippen LogP contribution in [0.1, 0.15) is 12.0 Å². The molecule has 0 atom stereocenters. The first kappa shape index (κ1) is 26.0. The number of carbonyl (C=O) groups is 2. The van der Waals surface area contributed by atoms with E-state index in [1.807, 2.05) is 18.2 Å². The maximum atomic E-state index is 13.7. The quantitative estimate of drug-likeness (QED) is 0.313. The van der Waals surface area contributed by atoms with E-state index in [0.717, 1.165) is 11.1 Å². The van der Waals surface area contributed by atoms with Gasteiger partial charge in [0.05, 0.1) is 23.0 Å². The van der Waals surface area contributed by atoms with Crippen LogP contribution >= 0.6 is 11.6 Å². The van der Waals surface area contributed by atoms with Crippen molar-refractivity contribution in [3.63, 3.8) is 0 Å². The van der Waals surface area contributed by atoms with E-state index in [4.69, 9.17) is 21.4 Å². The maximum absolute atomic E-state index is 13.7. The molecule has 0 aromatic heterocycles. The number of rotatable bonds is 7. The molecule has 0 unspecified atom stereocenters. The van der Waals surface area contributed by atoms with Crippen LogP contribution in [0.2, 0.25) is 5.02 Å². The summed E-state index contributed by atoms with van der Waals surface area (Å²) in [5, 5.41) is 17.2. The Morgan fingerprint density at radius 2 is 1.78 bits per heavy atom. The van der Waals surface area contributed by atoms with Crippen molar-refractivity contribution in [3.05, 3.63) is 89.2 Å². The van der Waals surface area contributed by atoms with Gasteiger partial charge in [-0.2, -0.15) is 0 Å². The lowest BCUT2D eigenvalue weighted by atomic mass is 9.99. The summed E-state index contributed by atoms with van der Waals surface area (Å²) in [5.74, 6) is -0.000610. The van der Waals surface area contributed by atoms with E-state index in [2.05, 4.69) is 16.0 Å². The summed E-state index contributed by atoms with van der Waals surface area (Å²) in [6, 6.07) is 17.4. The fraction of sp³-hybridized carbons (Fsp3) is 0.185. The molecule has 0 spiro atoms. The summed E-state index contributed by atoms with van der Waals surface area (Å²) < 4.78 is 19.0. The second-order valence-corrected chi connectivity index (χ2v) is 8.61. The largest absolute Gasteiger partial charge is 0.491 e. The van der Waals surface area contributed by atoms with Crippen LogP contribution < -0.4 is 20.7 Å². The van der Waals surface area contributed by atoms with Crippen molar-refractivity contribution in [1.29, 1.82) is 0 Å². The van der Waals surface area contributed by atoms with Gasteiger partial charge in [0, 0.05) is 24.8 Å². The minimum absolute atomic E-state index is 0.101. The fourth-order valence-corrected chi connectivity index (χ4v) is 3.99. The van der Waals surface area contributed by atoms with Crippen molar-refractivity contribution >= 4 is 46.3 Å². The summed E-state index contributed by atoms with van der Waals surface area (Å²) in [4.78, 5) is 26.6. The molecule has 0 saturated heterocycles. The van der Waals surface area contributed by atoms with Gasteiger partial charge in [-0.25, -0.2) is 14.0 Å². The van der Waals surface area contributed by atoms with E-state index in [-0.39, 0.29) is 24.9 Å². The third kappa shape index (κ3) is 6.99. The van der Waals surface area contributed by atoms with Crippen molar-refractivity contribution in [2.45, 2.75) is 6.42 Å². The summed E-state index contributed by atoms with van der Waals surface area (Å²) in [5.41, 5.74) is 3.22. The monoisotopic (exact) mass is 524 g/mol. The number of nitrogens with zero attached hydrogens (tertiary/aromatic N) is 1. The second-order valence-electron chi connectivity index (χ2n) is 8.21. The highest BCUT2D eigenvalue weighted by Gasteiger charge is 2.19. The molecule has 192 valence electrons. The van der Waals surface area contributed by atoms with Gasteiger partial charge in [-0.1, -0.05) is 41.9 Å². The number of ether oxygens (including phenoxy) is 1. The number of hydrogen-bond donors (Lipinski definition) is 4. The van der Waals surface area contributed by atoms with Crippen molar-refractivity contribution in [2.24, 2.45) is 0 Å². The SMILES string of the molecule is O=C(Nc1ccc(C2=CCN(C(=O)Nc3ccc(OCCO)cc3Cl)CC2)cc1)Nc1ccccc1F. The predicted molar refractivity (Wildman–Crippen MR) is 143 cm³/mol. The molecule has 0 saturated carbocycles. The van der Waals surface area contributed by atoms with Crippen LogP contribution in [0.15, 0.2) is 72.8 Å². The number of urea groups is 2. The minimum Gasteiger partial charge on any atom is -0.491 e. The molecule has 0 bridgehead atoms. The van der Waals surface area contributed by atoms with Crippen molar-refractivity contribution in [3.8, 4) is 5.75 Å². The Kier molecular flexibility index (Phi) is 8.60. The van der Waals surface area contributed by atoms with Gasteiger partial charge in [0.25, 0.3) is 0 Å². The smallest absolute Gasteiger partial charge is 0.323 e. The highest BCUT2D eigenvalue weighted by Crippen LogP contribution is 2.28. The Balaban J connectivity index is 1.30. The first-order valence-corrected chi connectivity index (χ1v) is 12.0. The summed E-state index contributed by atoms with van der Waals surface area (Å²) in [7, 11) is 0. The zero-order valence-electron chi connectivity index (χ0n) is 19.8. The fourth-order valence-electron chi connectivity index (χ4n) is 3.78. The van der Waals surface area contributed by atoms with E-state index in [9.17, 15) is 14.0 Å². The number of benzene rings is 3. The second kappa shape index (κ2) is 12.2. The zero-order chi connectivity index (χ0) is 26.2. The molecule has 37 heavy (non-hydrogen) atoms. The molecule has 10 heteroatoms. The molecule has 4 rings (SSSR count).